The van der Waals surface area contributed by atoms with Gasteiger partial charge in [0.15, 0.2) is 0 Å². The Hall–Kier alpha value is -4.18. The molecule has 0 fully saturated rings. The molecular weight excluding hydrogens is 391 g/mol. The van der Waals surface area contributed by atoms with Crippen LogP contribution in [0.5, 0.6) is 11.5 Å². The highest BCUT2D eigenvalue weighted by Crippen LogP contribution is 2.45. The lowest BCUT2D eigenvalue weighted by atomic mass is 9.92. The van der Waals surface area contributed by atoms with Crippen LogP contribution in [0.3, 0.4) is 0 Å². The highest BCUT2D eigenvalue weighted by atomic mass is 19.1. The van der Waals surface area contributed by atoms with Crippen LogP contribution < -0.4 is 4.74 Å². The van der Waals surface area contributed by atoms with E-state index in [2.05, 4.69) is 0 Å². The number of esters is 1. The van der Waals surface area contributed by atoms with Crippen LogP contribution in [0, 0.1) is 5.82 Å². The van der Waals surface area contributed by atoms with Crippen molar-refractivity contribution in [3.8, 4) is 22.6 Å². The van der Waals surface area contributed by atoms with Crippen molar-refractivity contribution in [2.24, 2.45) is 0 Å². The first-order valence-corrected chi connectivity index (χ1v) is 9.83. The zero-order valence-corrected chi connectivity index (χ0v) is 16.4. The molecule has 4 heteroatoms. The molecule has 3 nitrogen and oxygen atoms in total. The van der Waals surface area contributed by atoms with Gasteiger partial charge < -0.3 is 9.84 Å². The van der Waals surface area contributed by atoms with E-state index in [1.807, 2.05) is 60.7 Å². The van der Waals surface area contributed by atoms with Gasteiger partial charge in [-0.25, -0.2) is 9.18 Å². The lowest BCUT2D eigenvalue weighted by Gasteiger charge is -2.17. The highest BCUT2D eigenvalue weighted by Gasteiger charge is 2.21. The van der Waals surface area contributed by atoms with Gasteiger partial charge in [0, 0.05) is 11.1 Å². The fourth-order valence-electron chi connectivity index (χ4n) is 3.90. The van der Waals surface area contributed by atoms with E-state index in [1.54, 1.807) is 18.2 Å². The highest BCUT2D eigenvalue weighted by molar-refractivity contribution is 6.10. The summed E-state index contributed by atoms with van der Waals surface area (Å²) in [5.41, 5.74) is 0.993. The second kappa shape index (κ2) is 7.58. The zero-order valence-electron chi connectivity index (χ0n) is 16.4. The molecule has 0 atom stereocenters. The molecule has 0 saturated heterocycles. The van der Waals surface area contributed by atoms with E-state index in [4.69, 9.17) is 4.74 Å². The minimum Gasteiger partial charge on any atom is -0.507 e. The van der Waals surface area contributed by atoms with Crippen LogP contribution >= 0.6 is 0 Å². The van der Waals surface area contributed by atoms with E-state index in [-0.39, 0.29) is 17.1 Å². The predicted molar refractivity (Wildman–Crippen MR) is 120 cm³/mol. The molecule has 5 aromatic carbocycles. The molecule has 0 aromatic heterocycles. The summed E-state index contributed by atoms with van der Waals surface area (Å²) in [5, 5.41) is 14.3. The third kappa shape index (κ3) is 3.28. The van der Waals surface area contributed by atoms with Crippen LogP contribution in [0.1, 0.15) is 10.4 Å². The van der Waals surface area contributed by atoms with Crippen LogP contribution in [0.15, 0.2) is 97.1 Å². The number of carbonyl (C=O) groups excluding carboxylic acids is 1. The SMILES string of the molecule is O=C(Oc1ccc2ccccc2c1-c1c(O)ccc2ccccc12)c1ccccc1F. The maximum absolute atomic E-state index is 14.2. The number of phenols is 1. The maximum atomic E-state index is 14.2. The van der Waals surface area contributed by atoms with Gasteiger partial charge in [-0.2, -0.15) is 0 Å². The molecule has 5 aromatic rings. The Morgan fingerprint density at radius 1 is 0.677 bits per heavy atom. The summed E-state index contributed by atoms with van der Waals surface area (Å²) in [6.45, 7) is 0. The Labute approximate surface area is 178 Å². The first-order valence-electron chi connectivity index (χ1n) is 9.83. The molecule has 0 aliphatic carbocycles. The Balaban J connectivity index is 1.78. The topological polar surface area (TPSA) is 46.5 Å². The van der Waals surface area contributed by atoms with Gasteiger partial charge in [-0.05, 0) is 45.8 Å². The Morgan fingerprint density at radius 3 is 1.97 bits per heavy atom. The van der Waals surface area contributed by atoms with Gasteiger partial charge in [0.1, 0.15) is 17.3 Å². The lowest BCUT2D eigenvalue weighted by molar-refractivity contribution is 0.0731. The second-order valence-electron chi connectivity index (χ2n) is 7.21. The van der Waals surface area contributed by atoms with E-state index in [1.165, 1.54) is 18.2 Å². The number of fused-ring (bicyclic) bond motifs is 2. The summed E-state index contributed by atoms with van der Waals surface area (Å²) >= 11 is 0. The van der Waals surface area contributed by atoms with Gasteiger partial charge in [-0.1, -0.05) is 72.8 Å². The number of aromatic hydroxyl groups is 1. The average molecular weight is 408 g/mol. The lowest BCUT2D eigenvalue weighted by Crippen LogP contribution is -2.11. The maximum Gasteiger partial charge on any atom is 0.346 e. The molecule has 150 valence electrons. The van der Waals surface area contributed by atoms with E-state index < -0.39 is 11.8 Å². The van der Waals surface area contributed by atoms with Gasteiger partial charge >= 0.3 is 5.97 Å². The Morgan fingerprint density at radius 2 is 1.26 bits per heavy atom. The normalized spacial score (nSPS) is 11.0. The quantitative estimate of drug-likeness (QED) is 0.266. The summed E-state index contributed by atoms with van der Waals surface area (Å²) < 4.78 is 19.8. The number of benzene rings is 5. The number of halogens is 1. The molecule has 0 amide bonds. The van der Waals surface area contributed by atoms with Crippen LogP contribution in [0.2, 0.25) is 0 Å². The standard InChI is InChI=1S/C27H17FO3/c28-22-12-6-5-11-21(22)27(30)31-24-16-14-18-8-2-4-10-20(18)26(24)25-19-9-3-1-7-17(19)13-15-23(25)29/h1-16,29H. The van der Waals surface area contributed by atoms with Crippen LogP contribution in [0.25, 0.3) is 32.7 Å². The van der Waals surface area contributed by atoms with Gasteiger partial charge in [-0.15, -0.1) is 0 Å². The van der Waals surface area contributed by atoms with Gasteiger partial charge in [0.05, 0.1) is 5.56 Å². The van der Waals surface area contributed by atoms with Crippen molar-refractivity contribution >= 4 is 27.5 Å². The summed E-state index contributed by atoms with van der Waals surface area (Å²) in [6.07, 6.45) is 0. The summed E-state index contributed by atoms with van der Waals surface area (Å²) in [7, 11) is 0. The number of carbonyl (C=O) groups is 1. The zero-order chi connectivity index (χ0) is 21.4. The minimum atomic E-state index is -0.797. The van der Waals surface area contributed by atoms with Crippen LogP contribution in [-0.4, -0.2) is 11.1 Å². The van der Waals surface area contributed by atoms with Gasteiger partial charge in [-0.3, -0.25) is 0 Å². The van der Waals surface area contributed by atoms with E-state index in [9.17, 15) is 14.3 Å². The third-order valence-corrected chi connectivity index (χ3v) is 5.34. The molecule has 0 heterocycles. The van der Waals surface area contributed by atoms with E-state index in [0.717, 1.165) is 21.5 Å². The number of hydrogen-bond acceptors (Lipinski definition) is 3. The minimum absolute atomic E-state index is 0.0678. The molecule has 0 radical (unpaired) electrons. The van der Waals surface area contributed by atoms with Gasteiger partial charge in [0.25, 0.3) is 0 Å². The van der Waals surface area contributed by atoms with Crippen molar-refractivity contribution in [1.82, 2.24) is 0 Å². The fourth-order valence-corrected chi connectivity index (χ4v) is 3.90. The summed E-state index contributed by atoms with van der Waals surface area (Å²) in [6, 6.07) is 28.0. The number of rotatable bonds is 3. The van der Waals surface area contributed by atoms with Crippen LogP contribution in [0.4, 0.5) is 4.39 Å². The molecule has 31 heavy (non-hydrogen) atoms. The van der Waals surface area contributed by atoms with Crippen molar-refractivity contribution in [3.63, 3.8) is 0 Å². The Bertz CT molecular complexity index is 1460. The van der Waals surface area contributed by atoms with E-state index in [0.29, 0.717) is 11.1 Å². The molecular formula is C27H17FO3. The number of ether oxygens (including phenoxy) is 1. The largest absolute Gasteiger partial charge is 0.507 e. The van der Waals surface area contributed by atoms with Crippen LogP contribution in [-0.2, 0) is 0 Å². The second-order valence-corrected chi connectivity index (χ2v) is 7.21. The van der Waals surface area contributed by atoms with Crippen molar-refractivity contribution in [2.75, 3.05) is 0 Å². The predicted octanol–water partition coefficient (Wildman–Crippen LogP) is 6.72. The van der Waals surface area contributed by atoms with Crippen molar-refractivity contribution in [2.45, 2.75) is 0 Å². The average Bonchev–Trinajstić information content (AvgIpc) is 2.80. The monoisotopic (exact) mass is 408 g/mol. The number of hydrogen-bond donors (Lipinski definition) is 1. The van der Waals surface area contributed by atoms with Gasteiger partial charge in [0.2, 0.25) is 0 Å². The molecule has 0 saturated carbocycles. The van der Waals surface area contributed by atoms with Crippen molar-refractivity contribution in [3.05, 3.63) is 108 Å². The fraction of sp³-hybridized carbons (Fsp3) is 0. The van der Waals surface area contributed by atoms with Crippen molar-refractivity contribution < 1.29 is 19.0 Å². The summed E-state index contributed by atoms with van der Waals surface area (Å²) in [4.78, 5) is 12.8. The smallest absolute Gasteiger partial charge is 0.346 e. The number of phenolic OH excluding ortho intramolecular Hbond substituents is 1. The molecule has 0 aliphatic rings. The van der Waals surface area contributed by atoms with E-state index >= 15 is 0 Å². The molecule has 0 unspecified atom stereocenters. The molecule has 0 aliphatic heterocycles. The first kappa shape index (κ1) is 18.8. The summed E-state index contributed by atoms with van der Waals surface area (Å²) in [5.74, 6) is -1.13. The molecule has 1 N–H and O–H groups in total. The molecule has 5 rings (SSSR count). The first-order chi connectivity index (χ1) is 15.1. The van der Waals surface area contributed by atoms with Crippen molar-refractivity contribution in [1.29, 1.82) is 0 Å². The Kier molecular flexibility index (Phi) is 4.60. The molecule has 0 bridgehead atoms. The third-order valence-electron chi connectivity index (χ3n) is 5.34. The molecule has 0 spiro atoms.